The lowest BCUT2D eigenvalue weighted by atomic mass is 10.1. The van der Waals surface area contributed by atoms with Crippen LogP contribution in [-0.2, 0) is 6.42 Å². The molecule has 2 aromatic carbocycles. The molecule has 1 heterocycles. The topological polar surface area (TPSA) is 72.6 Å². The van der Waals surface area contributed by atoms with E-state index in [1.165, 1.54) is 0 Å². The largest absolute Gasteiger partial charge is 0.493 e. The van der Waals surface area contributed by atoms with E-state index in [-0.39, 0.29) is 5.91 Å². The molecule has 142 valence electrons. The van der Waals surface area contributed by atoms with Crippen molar-refractivity contribution in [1.29, 1.82) is 0 Å². The SMILES string of the molecule is COc1cc2[nH]cc(CCNC(=O)c3ccc(C)cc3)c2c(OC)c1OC. The third-order valence-corrected chi connectivity index (χ3v) is 4.55. The Kier molecular flexibility index (Phi) is 5.54. The molecule has 0 atom stereocenters. The molecular weight excluding hydrogens is 344 g/mol. The minimum atomic E-state index is -0.0824. The number of hydrogen-bond acceptors (Lipinski definition) is 4. The van der Waals surface area contributed by atoms with Crippen LogP contribution in [0.25, 0.3) is 10.9 Å². The number of ether oxygens (including phenoxy) is 3. The number of carbonyl (C=O) groups excluding carboxylic acids is 1. The molecule has 1 amide bonds. The highest BCUT2D eigenvalue weighted by Gasteiger charge is 2.19. The molecule has 0 bridgehead atoms. The van der Waals surface area contributed by atoms with Crippen LogP contribution in [0.5, 0.6) is 17.2 Å². The average Bonchev–Trinajstić information content (AvgIpc) is 3.09. The van der Waals surface area contributed by atoms with Crippen molar-refractivity contribution in [1.82, 2.24) is 10.3 Å². The Morgan fingerprint density at radius 1 is 1.04 bits per heavy atom. The lowest BCUT2D eigenvalue weighted by molar-refractivity contribution is 0.0954. The zero-order valence-electron chi connectivity index (χ0n) is 16.0. The van der Waals surface area contributed by atoms with Crippen molar-refractivity contribution < 1.29 is 19.0 Å². The first kappa shape index (κ1) is 18.6. The van der Waals surface area contributed by atoms with Crippen LogP contribution in [0.3, 0.4) is 0 Å². The fourth-order valence-corrected chi connectivity index (χ4v) is 3.14. The monoisotopic (exact) mass is 368 g/mol. The van der Waals surface area contributed by atoms with E-state index in [0.717, 1.165) is 22.0 Å². The molecule has 0 saturated carbocycles. The Hall–Kier alpha value is -3.15. The van der Waals surface area contributed by atoms with Crippen molar-refractivity contribution in [2.24, 2.45) is 0 Å². The Bertz CT molecular complexity index is 945. The number of benzene rings is 2. The predicted octanol–water partition coefficient (Wildman–Crippen LogP) is 3.47. The van der Waals surface area contributed by atoms with E-state index in [9.17, 15) is 4.79 Å². The number of fused-ring (bicyclic) bond motifs is 1. The number of methoxy groups -OCH3 is 3. The molecule has 0 unspecified atom stereocenters. The van der Waals surface area contributed by atoms with Crippen molar-refractivity contribution >= 4 is 16.8 Å². The molecule has 0 aliphatic heterocycles. The van der Waals surface area contributed by atoms with Crippen molar-refractivity contribution in [3.8, 4) is 17.2 Å². The van der Waals surface area contributed by atoms with Crippen LogP contribution in [0.4, 0.5) is 0 Å². The average molecular weight is 368 g/mol. The fourth-order valence-electron chi connectivity index (χ4n) is 3.14. The number of carbonyl (C=O) groups is 1. The summed E-state index contributed by atoms with van der Waals surface area (Å²) in [5.41, 5.74) is 3.71. The van der Waals surface area contributed by atoms with Crippen LogP contribution in [0, 0.1) is 6.92 Å². The summed E-state index contributed by atoms with van der Waals surface area (Å²) in [4.78, 5) is 15.5. The van der Waals surface area contributed by atoms with E-state index < -0.39 is 0 Å². The van der Waals surface area contributed by atoms with Gasteiger partial charge in [-0.3, -0.25) is 4.79 Å². The number of nitrogens with one attached hydrogen (secondary N) is 2. The summed E-state index contributed by atoms with van der Waals surface area (Å²) >= 11 is 0. The van der Waals surface area contributed by atoms with Gasteiger partial charge in [0.2, 0.25) is 5.75 Å². The highest BCUT2D eigenvalue weighted by molar-refractivity contribution is 5.95. The Morgan fingerprint density at radius 3 is 2.37 bits per heavy atom. The van der Waals surface area contributed by atoms with E-state index in [1.807, 2.05) is 43.5 Å². The van der Waals surface area contributed by atoms with Crippen LogP contribution in [0.2, 0.25) is 0 Å². The first-order valence-corrected chi connectivity index (χ1v) is 8.72. The van der Waals surface area contributed by atoms with Gasteiger partial charge in [0.15, 0.2) is 11.5 Å². The van der Waals surface area contributed by atoms with Crippen molar-refractivity contribution in [3.63, 3.8) is 0 Å². The Morgan fingerprint density at radius 2 is 1.74 bits per heavy atom. The zero-order chi connectivity index (χ0) is 19.4. The highest BCUT2D eigenvalue weighted by atomic mass is 16.5. The minimum absolute atomic E-state index is 0.0824. The molecule has 27 heavy (non-hydrogen) atoms. The minimum Gasteiger partial charge on any atom is -0.493 e. The van der Waals surface area contributed by atoms with Gasteiger partial charge in [-0.05, 0) is 31.0 Å². The molecule has 0 aliphatic rings. The van der Waals surface area contributed by atoms with Crippen molar-refractivity contribution in [2.45, 2.75) is 13.3 Å². The lowest BCUT2D eigenvalue weighted by Gasteiger charge is -2.14. The maximum absolute atomic E-state index is 12.3. The molecule has 1 aromatic heterocycles. The van der Waals surface area contributed by atoms with Gasteiger partial charge in [-0.1, -0.05) is 17.7 Å². The van der Waals surface area contributed by atoms with Gasteiger partial charge in [-0.25, -0.2) is 0 Å². The Labute approximate surface area is 158 Å². The van der Waals surface area contributed by atoms with Crippen molar-refractivity contribution in [3.05, 3.63) is 53.2 Å². The van der Waals surface area contributed by atoms with E-state index >= 15 is 0 Å². The van der Waals surface area contributed by atoms with E-state index in [2.05, 4.69) is 10.3 Å². The predicted molar refractivity (Wildman–Crippen MR) is 105 cm³/mol. The first-order valence-electron chi connectivity index (χ1n) is 8.72. The van der Waals surface area contributed by atoms with Gasteiger partial charge in [-0.2, -0.15) is 0 Å². The van der Waals surface area contributed by atoms with Gasteiger partial charge in [0.05, 0.1) is 26.8 Å². The fraction of sp³-hybridized carbons (Fsp3) is 0.286. The normalized spacial score (nSPS) is 10.7. The number of aryl methyl sites for hydroxylation is 1. The standard InChI is InChI=1S/C21H24N2O4/c1-13-5-7-14(8-6-13)21(24)22-10-9-15-12-23-16-11-17(25-2)19(26-3)20(27-4)18(15)16/h5-8,11-12,23H,9-10H2,1-4H3,(H,22,24). The second kappa shape index (κ2) is 8.03. The van der Waals surface area contributed by atoms with Crippen LogP contribution >= 0.6 is 0 Å². The lowest BCUT2D eigenvalue weighted by Crippen LogP contribution is -2.25. The summed E-state index contributed by atoms with van der Waals surface area (Å²) in [5.74, 6) is 1.69. The second-order valence-electron chi connectivity index (χ2n) is 6.25. The number of H-pyrrole nitrogens is 1. The number of hydrogen-bond donors (Lipinski definition) is 2. The zero-order valence-corrected chi connectivity index (χ0v) is 16.0. The molecule has 0 spiro atoms. The van der Waals surface area contributed by atoms with Crippen LogP contribution in [-0.4, -0.2) is 38.8 Å². The molecule has 6 heteroatoms. The smallest absolute Gasteiger partial charge is 0.251 e. The van der Waals surface area contributed by atoms with Gasteiger partial charge in [-0.15, -0.1) is 0 Å². The first-order chi connectivity index (χ1) is 13.1. The summed E-state index contributed by atoms with van der Waals surface area (Å²) < 4.78 is 16.4. The highest BCUT2D eigenvalue weighted by Crippen LogP contribution is 2.44. The molecule has 0 aliphatic carbocycles. The van der Waals surface area contributed by atoms with Crippen molar-refractivity contribution in [2.75, 3.05) is 27.9 Å². The van der Waals surface area contributed by atoms with Gasteiger partial charge in [0, 0.05) is 29.8 Å². The maximum atomic E-state index is 12.3. The second-order valence-corrected chi connectivity index (χ2v) is 6.25. The van der Waals surface area contributed by atoms with Gasteiger partial charge >= 0.3 is 0 Å². The number of amides is 1. The molecule has 3 aromatic rings. The van der Waals surface area contributed by atoms with E-state index in [4.69, 9.17) is 14.2 Å². The maximum Gasteiger partial charge on any atom is 0.251 e. The summed E-state index contributed by atoms with van der Waals surface area (Å²) in [7, 11) is 4.78. The summed E-state index contributed by atoms with van der Waals surface area (Å²) in [5, 5.41) is 3.89. The molecule has 3 rings (SSSR count). The third kappa shape index (κ3) is 3.69. The molecule has 6 nitrogen and oxygen atoms in total. The van der Waals surface area contributed by atoms with Gasteiger partial charge < -0.3 is 24.5 Å². The van der Waals surface area contributed by atoms with Gasteiger partial charge in [0.25, 0.3) is 5.91 Å². The number of rotatable bonds is 7. The van der Waals surface area contributed by atoms with Gasteiger partial charge in [0.1, 0.15) is 0 Å². The molecule has 0 fully saturated rings. The van der Waals surface area contributed by atoms with E-state index in [1.54, 1.807) is 21.3 Å². The number of aromatic nitrogens is 1. The summed E-state index contributed by atoms with van der Waals surface area (Å²) in [6.07, 6.45) is 2.58. The van der Waals surface area contributed by atoms with E-state index in [0.29, 0.717) is 35.8 Å². The van der Waals surface area contributed by atoms with Crippen LogP contribution < -0.4 is 19.5 Å². The number of aromatic amines is 1. The quantitative estimate of drug-likeness (QED) is 0.670. The third-order valence-electron chi connectivity index (χ3n) is 4.55. The molecular formula is C21H24N2O4. The van der Waals surface area contributed by atoms with Crippen LogP contribution in [0.1, 0.15) is 21.5 Å². The summed E-state index contributed by atoms with van der Waals surface area (Å²) in [6, 6.07) is 9.40. The Balaban J connectivity index is 1.79. The molecule has 0 radical (unpaired) electrons. The molecule has 2 N–H and O–H groups in total. The summed E-state index contributed by atoms with van der Waals surface area (Å²) in [6.45, 7) is 2.51. The van der Waals surface area contributed by atoms with Crippen LogP contribution in [0.15, 0.2) is 36.5 Å². The molecule has 0 saturated heterocycles.